The third-order valence-electron chi connectivity index (χ3n) is 6.31. The van der Waals surface area contributed by atoms with Crippen molar-refractivity contribution in [2.75, 3.05) is 11.4 Å². The number of carbonyl (C=O) groups is 1. The van der Waals surface area contributed by atoms with Crippen molar-refractivity contribution in [2.45, 2.75) is 49.5 Å². The molecule has 1 fully saturated rings. The summed E-state index contributed by atoms with van der Waals surface area (Å²) in [4.78, 5) is 19.1. The van der Waals surface area contributed by atoms with Crippen LogP contribution in [0.1, 0.15) is 54.8 Å². The minimum Gasteiger partial charge on any atom is -0.305 e. The molecule has 0 saturated heterocycles. The van der Waals surface area contributed by atoms with Crippen LogP contribution < -0.4 is 9.62 Å². The van der Waals surface area contributed by atoms with Crippen molar-refractivity contribution in [2.24, 2.45) is 0 Å². The van der Waals surface area contributed by atoms with E-state index in [0.29, 0.717) is 29.4 Å². The molecule has 1 aliphatic carbocycles. The van der Waals surface area contributed by atoms with Crippen molar-refractivity contribution in [1.29, 1.82) is 5.26 Å². The highest BCUT2D eigenvalue weighted by atomic mass is 32.2. The van der Waals surface area contributed by atoms with Crippen LogP contribution in [0.4, 0.5) is 14.5 Å². The maximum Gasteiger partial charge on any atom is 0.242 e. The number of para-hydroxylation sites is 1. The number of halogens is 2. The molecule has 36 heavy (non-hydrogen) atoms. The molecule has 1 heterocycles. The zero-order valence-corrected chi connectivity index (χ0v) is 20.4. The molecule has 1 atom stereocenters. The molecule has 1 N–H and O–H groups in total. The van der Waals surface area contributed by atoms with Crippen LogP contribution in [0.25, 0.3) is 0 Å². The maximum absolute atomic E-state index is 13.7. The molecule has 1 saturated carbocycles. The first-order valence-electron chi connectivity index (χ1n) is 11.8. The summed E-state index contributed by atoms with van der Waals surface area (Å²) in [6.07, 6.45) is 7.98. The van der Waals surface area contributed by atoms with E-state index in [1.165, 1.54) is 42.6 Å². The molecular weight excluding hydrogens is 482 g/mol. The van der Waals surface area contributed by atoms with E-state index in [0.717, 1.165) is 0 Å². The molecule has 0 radical (unpaired) electrons. The second-order valence-electron chi connectivity index (χ2n) is 8.70. The van der Waals surface area contributed by atoms with Crippen LogP contribution in [-0.4, -0.2) is 21.6 Å². The van der Waals surface area contributed by atoms with Gasteiger partial charge in [0, 0.05) is 11.9 Å². The molecule has 3 aromatic rings. The molecule has 2 aromatic carbocycles. The van der Waals surface area contributed by atoms with E-state index >= 15 is 0 Å². The van der Waals surface area contributed by atoms with Gasteiger partial charge in [0.25, 0.3) is 0 Å². The number of nitrogens with one attached hydrogen (secondary N) is 1. The lowest BCUT2D eigenvalue weighted by Gasteiger charge is -2.24. The van der Waals surface area contributed by atoms with Gasteiger partial charge in [0.1, 0.15) is 17.1 Å². The van der Waals surface area contributed by atoms with Crippen molar-refractivity contribution in [1.82, 2.24) is 9.71 Å². The van der Waals surface area contributed by atoms with Gasteiger partial charge in [0.15, 0.2) is 11.6 Å². The topological polar surface area (TPSA) is 86.1 Å². The first-order valence-corrected chi connectivity index (χ1v) is 13.0. The second kappa shape index (κ2) is 12.0. The minimum atomic E-state index is -2.10. The Labute approximate surface area is 211 Å². The molecule has 186 valence electrons. The van der Waals surface area contributed by atoms with Crippen LogP contribution >= 0.6 is 0 Å². The fourth-order valence-corrected chi connectivity index (χ4v) is 5.29. The number of nitriles is 1. The molecule has 0 bridgehead atoms. The third kappa shape index (κ3) is 6.20. The normalized spacial score (nSPS) is 14.7. The summed E-state index contributed by atoms with van der Waals surface area (Å²) in [6.45, 7) is -0.151. The van der Waals surface area contributed by atoms with Gasteiger partial charge in [0.05, 0.1) is 29.2 Å². The number of anilines is 1. The number of aromatic nitrogens is 1. The fourth-order valence-electron chi connectivity index (χ4n) is 4.37. The van der Waals surface area contributed by atoms with Gasteiger partial charge in [-0.2, -0.15) is 5.26 Å². The summed E-state index contributed by atoms with van der Waals surface area (Å²) in [7, 11) is -2.10. The molecule has 1 aliphatic rings. The smallest absolute Gasteiger partial charge is 0.242 e. The number of carbonyl (C=O) groups excluding carboxylic acids is 1. The average molecular weight is 509 g/mol. The molecule has 6 nitrogen and oxygen atoms in total. The average Bonchev–Trinajstić information content (AvgIpc) is 2.92. The Hall–Kier alpha value is -3.48. The minimum absolute atomic E-state index is 0.205. The van der Waals surface area contributed by atoms with Crippen LogP contribution in [0.2, 0.25) is 0 Å². The lowest BCUT2D eigenvalue weighted by Crippen LogP contribution is -2.38. The SMILES string of the molecule is N#Cc1cc(F)c(F)cc1S(=O)NCC(=O)N(Cc1ccc(C2CCCCC2)cn1)c1ccccc1. The van der Waals surface area contributed by atoms with Crippen LogP contribution in [-0.2, 0) is 22.3 Å². The molecule has 4 rings (SSSR count). The van der Waals surface area contributed by atoms with Crippen LogP contribution in [0.15, 0.2) is 65.7 Å². The number of hydrogen-bond acceptors (Lipinski definition) is 4. The second-order valence-corrected chi connectivity index (χ2v) is 9.96. The number of hydrogen-bond donors (Lipinski definition) is 1. The van der Waals surface area contributed by atoms with Crippen molar-refractivity contribution in [3.8, 4) is 6.07 Å². The van der Waals surface area contributed by atoms with E-state index in [1.807, 2.05) is 18.3 Å². The largest absolute Gasteiger partial charge is 0.305 e. The Balaban J connectivity index is 1.48. The van der Waals surface area contributed by atoms with Gasteiger partial charge in [0.2, 0.25) is 5.91 Å². The molecular formula is C27H26F2N4O2S. The fraction of sp³-hybridized carbons (Fsp3) is 0.296. The molecule has 1 aromatic heterocycles. The Bertz CT molecular complexity index is 1270. The van der Waals surface area contributed by atoms with Gasteiger partial charge in [-0.1, -0.05) is 43.5 Å². The highest BCUT2D eigenvalue weighted by Gasteiger charge is 2.21. The number of pyridine rings is 1. The summed E-state index contributed by atoms with van der Waals surface area (Å²) in [5.41, 5.74) is 2.29. The zero-order valence-electron chi connectivity index (χ0n) is 19.6. The van der Waals surface area contributed by atoms with E-state index < -0.39 is 28.5 Å². The van der Waals surface area contributed by atoms with Gasteiger partial charge >= 0.3 is 0 Å². The lowest BCUT2D eigenvalue weighted by molar-refractivity contribution is -0.117. The van der Waals surface area contributed by atoms with Crippen molar-refractivity contribution >= 4 is 22.6 Å². The number of benzene rings is 2. The van der Waals surface area contributed by atoms with E-state index in [2.05, 4.69) is 15.8 Å². The number of rotatable bonds is 8. The van der Waals surface area contributed by atoms with Crippen LogP contribution in [0.3, 0.4) is 0 Å². The van der Waals surface area contributed by atoms with E-state index in [-0.39, 0.29) is 23.5 Å². The Morgan fingerprint density at radius 2 is 1.81 bits per heavy atom. The molecule has 0 spiro atoms. The van der Waals surface area contributed by atoms with Crippen LogP contribution in [0, 0.1) is 23.0 Å². The first-order chi connectivity index (χ1) is 17.5. The third-order valence-corrected chi connectivity index (χ3v) is 7.45. The van der Waals surface area contributed by atoms with Gasteiger partial charge in [-0.25, -0.2) is 17.7 Å². The van der Waals surface area contributed by atoms with Gasteiger partial charge in [-0.3, -0.25) is 9.78 Å². The molecule has 0 aliphatic heterocycles. The molecule has 1 unspecified atom stereocenters. The van der Waals surface area contributed by atoms with Crippen LogP contribution in [0.5, 0.6) is 0 Å². The summed E-state index contributed by atoms with van der Waals surface area (Å²) >= 11 is 0. The van der Waals surface area contributed by atoms with Crippen molar-refractivity contribution < 1.29 is 17.8 Å². The Morgan fingerprint density at radius 1 is 1.08 bits per heavy atom. The molecule has 9 heteroatoms. The van der Waals surface area contributed by atoms with Gasteiger partial charge < -0.3 is 4.90 Å². The number of amides is 1. The summed E-state index contributed by atoms with van der Waals surface area (Å²) < 4.78 is 42.3. The Morgan fingerprint density at radius 3 is 2.47 bits per heavy atom. The Kier molecular flexibility index (Phi) is 8.52. The van der Waals surface area contributed by atoms with E-state index in [1.54, 1.807) is 30.3 Å². The first kappa shape index (κ1) is 25.6. The monoisotopic (exact) mass is 508 g/mol. The standard InChI is InChI=1S/C27H26F2N4O2S/c28-24-13-21(15-30)26(14-25(24)29)36(35)32-17-27(34)33(23-9-5-2-6-10-23)18-22-12-11-20(16-31-22)19-7-3-1-4-8-19/h2,5-6,9-14,16,19,32H,1,3-4,7-8,17-18H2. The predicted octanol–water partition coefficient (Wildman–Crippen LogP) is 5.12. The van der Waals surface area contributed by atoms with E-state index in [4.69, 9.17) is 0 Å². The predicted molar refractivity (Wildman–Crippen MR) is 133 cm³/mol. The van der Waals surface area contributed by atoms with Crippen molar-refractivity contribution in [3.63, 3.8) is 0 Å². The summed E-state index contributed by atoms with van der Waals surface area (Å²) in [6, 6.07) is 16.1. The molecule has 1 amide bonds. The van der Waals surface area contributed by atoms with Gasteiger partial charge in [-0.15, -0.1) is 0 Å². The summed E-state index contributed by atoms with van der Waals surface area (Å²) in [5.74, 6) is -2.30. The quantitative estimate of drug-likeness (QED) is 0.457. The maximum atomic E-state index is 13.7. The van der Waals surface area contributed by atoms with Crippen molar-refractivity contribution in [3.05, 3.63) is 89.2 Å². The summed E-state index contributed by atoms with van der Waals surface area (Å²) in [5, 5.41) is 9.18. The van der Waals surface area contributed by atoms with E-state index in [9.17, 15) is 23.0 Å². The lowest BCUT2D eigenvalue weighted by atomic mass is 9.85. The zero-order chi connectivity index (χ0) is 25.5. The highest BCUT2D eigenvalue weighted by molar-refractivity contribution is 7.83. The highest BCUT2D eigenvalue weighted by Crippen LogP contribution is 2.32. The van der Waals surface area contributed by atoms with Gasteiger partial charge in [-0.05, 0) is 54.7 Å². The number of nitrogens with zero attached hydrogens (tertiary/aromatic N) is 3.